The summed E-state index contributed by atoms with van der Waals surface area (Å²) in [6.07, 6.45) is -0.476. The summed E-state index contributed by atoms with van der Waals surface area (Å²) in [4.78, 5) is 76.0. The highest BCUT2D eigenvalue weighted by Gasteiger charge is 2.26. The molecule has 0 saturated carbocycles. The number of hydrogen-bond donors (Lipinski definition) is 5. The van der Waals surface area contributed by atoms with E-state index >= 15 is 0 Å². The molecule has 0 saturated heterocycles. The molecule has 1 aromatic heterocycles. The van der Waals surface area contributed by atoms with Gasteiger partial charge in [-0.3, -0.25) is 19.2 Å². The van der Waals surface area contributed by atoms with Gasteiger partial charge in [0.15, 0.2) is 28.4 Å². The quantitative estimate of drug-likeness (QED) is 0.0613. The zero-order valence-corrected chi connectivity index (χ0v) is 29.6. The number of ketones is 1. The molecule has 0 spiro atoms. The van der Waals surface area contributed by atoms with Crippen LogP contribution in [0.25, 0.3) is 44.4 Å². The van der Waals surface area contributed by atoms with Gasteiger partial charge in [-0.25, -0.2) is 14.0 Å². The van der Waals surface area contributed by atoms with Crippen molar-refractivity contribution in [3.63, 3.8) is 0 Å². The van der Waals surface area contributed by atoms with Gasteiger partial charge in [-0.1, -0.05) is 24.3 Å². The van der Waals surface area contributed by atoms with Crippen LogP contribution in [0, 0.1) is 11.6 Å². The molecule has 2 aliphatic rings. The second kappa shape index (κ2) is 14.9. The fourth-order valence-corrected chi connectivity index (χ4v) is 6.43. The van der Waals surface area contributed by atoms with E-state index in [0.29, 0.717) is 22.1 Å². The van der Waals surface area contributed by atoms with Gasteiger partial charge in [-0.15, -0.1) is 0 Å². The van der Waals surface area contributed by atoms with Crippen molar-refractivity contribution in [2.75, 3.05) is 0 Å². The van der Waals surface area contributed by atoms with Crippen molar-refractivity contribution in [1.29, 1.82) is 0 Å². The van der Waals surface area contributed by atoms with Crippen LogP contribution in [0.5, 0.6) is 11.5 Å². The third-order valence-electron chi connectivity index (χ3n) is 9.31. The molecule has 1 aliphatic carbocycles. The standard InChI is InChI=1S/C42H28F2N2O11/c1-19(47)22-6-8-26(29(13-22)41(53)54)35-27-9-7-25(48)16-33(27)56-39-28(35)10-11-32(49)30(39)18-46-40(52)21-4-2-20(3-5-21)17-45-34(50)15-24-12-23-14-31(43)37(51)36(44)38(23)57-42(24)55/h2-14,16,48,51H,15,17-18H2,1H3,(H,45,50)(H,46,52)(H,53,54). The number of carbonyl (C=O) groups excluding carboxylic acids is 3. The van der Waals surface area contributed by atoms with Crippen LogP contribution in [0.1, 0.15) is 54.7 Å². The summed E-state index contributed by atoms with van der Waals surface area (Å²) in [5.41, 5.74) is -0.498. The zero-order chi connectivity index (χ0) is 40.7. The Labute approximate surface area is 318 Å². The van der Waals surface area contributed by atoms with Crippen molar-refractivity contribution in [3.8, 4) is 33.9 Å². The molecular formula is C42H28F2N2O11. The number of phenols is 2. The van der Waals surface area contributed by atoms with Crippen LogP contribution in [0.2, 0.25) is 0 Å². The van der Waals surface area contributed by atoms with Crippen LogP contribution in [-0.4, -0.2) is 38.9 Å². The maximum atomic E-state index is 14.1. The van der Waals surface area contributed by atoms with Gasteiger partial charge in [0.05, 0.1) is 24.1 Å². The van der Waals surface area contributed by atoms with Gasteiger partial charge in [0, 0.05) is 51.2 Å². The Hall–Kier alpha value is -7.68. The van der Waals surface area contributed by atoms with E-state index in [1.807, 2.05) is 0 Å². The summed E-state index contributed by atoms with van der Waals surface area (Å²) in [6.45, 7) is 0.991. The van der Waals surface area contributed by atoms with E-state index in [2.05, 4.69) is 10.6 Å². The van der Waals surface area contributed by atoms with Crippen molar-refractivity contribution in [2.24, 2.45) is 0 Å². The Balaban J connectivity index is 1.08. The van der Waals surface area contributed by atoms with Gasteiger partial charge in [0.25, 0.3) is 5.91 Å². The molecule has 0 atom stereocenters. The molecule has 5 aromatic rings. The maximum absolute atomic E-state index is 14.1. The Morgan fingerprint density at radius 1 is 0.772 bits per heavy atom. The van der Waals surface area contributed by atoms with E-state index in [4.69, 9.17) is 8.83 Å². The normalized spacial score (nSPS) is 11.2. The molecule has 0 radical (unpaired) electrons. The lowest BCUT2D eigenvalue weighted by Gasteiger charge is -2.19. The van der Waals surface area contributed by atoms with E-state index in [9.17, 15) is 52.9 Å². The molecule has 15 heteroatoms. The molecule has 0 fully saturated rings. The van der Waals surface area contributed by atoms with E-state index < -0.39 is 58.2 Å². The SMILES string of the molecule is CC(=O)c1ccc(-c2c3ccc(=O)c(CNC(=O)c4ccc(CNC(=O)Cc5cc6cc(F)c(O)c(F)c6oc5=O)cc4)c-3oc3cc(O)ccc23)c(C(=O)O)c1. The van der Waals surface area contributed by atoms with Gasteiger partial charge in [0.1, 0.15) is 17.1 Å². The second-order valence-corrected chi connectivity index (χ2v) is 13.0. The number of halogens is 2. The summed E-state index contributed by atoms with van der Waals surface area (Å²) in [5.74, 6) is -6.94. The Morgan fingerprint density at radius 2 is 1.49 bits per heavy atom. The molecule has 2 amide bonds. The number of amides is 2. The lowest BCUT2D eigenvalue weighted by molar-refractivity contribution is -0.120. The average Bonchev–Trinajstić information content (AvgIpc) is 3.18. The van der Waals surface area contributed by atoms with Crippen molar-refractivity contribution in [3.05, 3.63) is 151 Å². The van der Waals surface area contributed by atoms with Crippen molar-refractivity contribution in [1.82, 2.24) is 10.6 Å². The molecule has 2 heterocycles. The van der Waals surface area contributed by atoms with Crippen LogP contribution in [0.4, 0.5) is 8.78 Å². The van der Waals surface area contributed by atoms with Crippen LogP contribution in [0.3, 0.4) is 0 Å². The minimum atomic E-state index is -1.44. The predicted molar refractivity (Wildman–Crippen MR) is 200 cm³/mol. The molecule has 286 valence electrons. The molecule has 13 nitrogen and oxygen atoms in total. The number of nitrogens with one attached hydrogen (secondary N) is 2. The summed E-state index contributed by atoms with van der Waals surface area (Å²) < 4.78 is 38.9. The van der Waals surface area contributed by atoms with E-state index in [-0.39, 0.29) is 74.7 Å². The number of benzene rings is 5. The minimum absolute atomic E-state index is 0.0132. The third-order valence-corrected chi connectivity index (χ3v) is 9.31. The Bertz CT molecular complexity index is 2920. The van der Waals surface area contributed by atoms with Crippen LogP contribution < -0.4 is 21.7 Å². The van der Waals surface area contributed by atoms with Crippen molar-refractivity contribution in [2.45, 2.75) is 26.4 Å². The zero-order valence-electron chi connectivity index (χ0n) is 29.6. The fourth-order valence-electron chi connectivity index (χ4n) is 6.43. The topological polar surface area (TPSA) is 213 Å². The summed E-state index contributed by atoms with van der Waals surface area (Å²) in [7, 11) is 0. The first-order valence-corrected chi connectivity index (χ1v) is 17.1. The monoisotopic (exact) mass is 774 g/mol. The number of carboxylic acid groups (broad SMARTS) is 1. The number of fused-ring (bicyclic) bond motifs is 3. The number of carbonyl (C=O) groups is 4. The maximum Gasteiger partial charge on any atom is 0.340 e. The molecule has 0 unspecified atom stereocenters. The van der Waals surface area contributed by atoms with Gasteiger partial charge in [-0.05, 0) is 72.6 Å². The lowest BCUT2D eigenvalue weighted by Crippen LogP contribution is -2.27. The number of rotatable bonds is 10. The number of aromatic hydroxyl groups is 2. The second-order valence-electron chi connectivity index (χ2n) is 13.0. The number of Topliss-reactive ketones (excluding diaryl/α,β-unsaturated/α-hetero) is 1. The highest BCUT2D eigenvalue weighted by Crippen LogP contribution is 2.43. The number of carboxylic acids is 1. The molecule has 0 bridgehead atoms. The van der Waals surface area contributed by atoms with Crippen LogP contribution >= 0.6 is 0 Å². The van der Waals surface area contributed by atoms with Gasteiger partial charge < -0.3 is 34.8 Å². The van der Waals surface area contributed by atoms with Gasteiger partial charge in [0.2, 0.25) is 11.7 Å². The van der Waals surface area contributed by atoms with E-state index in [1.165, 1.54) is 61.5 Å². The number of aromatic carboxylic acids is 1. The first-order chi connectivity index (χ1) is 27.2. The highest BCUT2D eigenvalue weighted by molar-refractivity contribution is 6.09. The molecule has 4 aromatic carbocycles. The molecule has 57 heavy (non-hydrogen) atoms. The fraction of sp³-hybridized carbons (Fsp3) is 0.0952. The molecule has 7 rings (SSSR count). The van der Waals surface area contributed by atoms with Crippen LogP contribution in [-0.2, 0) is 24.3 Å². The molecule has 1 aliphatic heterocycles. The van der Waals surface area contributed by atoms with Crippen molar-refractivity contribution >= 4 is 45.5 Å². The lowest BCUT2D eigenvalue weighted by atomic mass is 9.88. The number of phenolic OH excluding ortho intramolecular Hbond substituents is 2. The highest BCUT2D eigenvalue weighted by atomic mass is 19.1. The van der Waals surface area contributed by atoms with Gasteiger partial charge in [-0.2, -0.15) is 4.39 Å². The summed E-state index contributed by atoms with van der Waals surface area (Å²) >= 11 is 0. The Kier molecular flexibility index (Phi) is 9.81. The van der Waals surface area contributed by atoms with E-state index in [1.54, 1.807) is 18.2 Å². The van der Waals surface area contributed by atoms with Crippen molar-refractivity contribution < 1.29 is 52.1 Å². The number of hydrogen-bond acceptors (Lipinski definition) is 10. The molecular weight excluding hydrogens is 746 g/mol. The first kappa shape index (κ1) is 37.6. The smallest absolute Gasteiger partial charge is 0.340 e. The first-order valence-electron chi connectivity index (χ1n) is 17.1. The minimum Gasteiger partial charge on any atom is -0.508 e. The predicted octanol–water partition coefficient (Wildman–Crippen LogP) is 6.05. The van der Waals surface area contributed by atoms with E-state index in [0.717, 1.165) is 12.1 Å². The van der Waals surface area contributed by atoms with Gasteiger partial charge >= 0.3 is 11.6 Å². The Morgan fingerprint density at radius 3 is 2.21 bits per heavy atom. The van der Waals surface area contributed by atoms with Crippen LogP contribution in [0.15, 0.2) is 103 Å². The molecule has 5 N–H and O–H groups in total. The third kappa shape index (κ3) is 7.28. The largest absolute Gasteiger partial charge is 0.508 e. The summed E-state index contributed by atoms with van der Waals surface area (Å²) in [6, 6.07) is 19.2. The average molecular weight is 775 g/mol. The summed E-state index contributed by atoms with van der Waals surface area (Å²) in [5, 5.41) is 35.4.